The Kier molecular flexibility index (Phi) is 4.20. The summed E-state index contributed by atoms with van der Waals surface area (Å²) >= 11 is 0. The van der Waals surface area contributed by atoms with Gasteiger partial charge in [-0.15, -0.1) is 12.4 Å². The molecular formula is C19H28ClNO. The molecule has 1 N–H and O–H groups in total. The van der Waals surface area contributed by atoms with Crippen LogP contribution >= 0.6 is 12.4 Å². The Morgan fingerprint density at radius 2 is 2.09 bits per heavy atom. The van der Waals surface area contributed by atoms with Gasteiger partial charge in [0.1, 0.15) is 5.75 Å². The van der Waals surface area contributed by atoms with Crippen molar-refractivity contribution in [3.05, 3.63) is 29.3 Å². The van der Waals surface area contributed by atoms with E-state index in [1.54, 1.807) is 0 Å². The third-order valence-corrected chi connectivity index (χ3v) is 6.52. The lowest BCUT2D eigenvalue weighted by molar-refractivity contribution is 0.115. The lowest BCUT2D eigenvalue weighted by atomic mass is 9.61. The van der Waals surface area contributed by atoms with E-state index in [2.05, 4.69) is 24.8 Å². The number of aromatic hydroxyl groups is 1. The van der Waals surface area contributed by atoms with Crippen molar-refractivity contribution >= 4 is 12.4 Å². The van der Waals surface area contributed by atoms with E-state index in [9.17, 15) is 5.11 Å². The van der Waals surface area contributed by atoms with Gasteiger partial charge >= 0.3 is 0 Å². The summed E-state index contributed by atoms with van der Waals surface area (Å²) in [6.45, 7) is 7.46. The maximum absolute atomic E-state index is 9.93. The van der Waals surface area contributed by atoms with Gasteiger partial charge in [-0.2, -0.15) is 0 Å². The zero-order valence-corrected chi connectivity index (χ0v) is 14.5. The highest BCUT2D eigenvalue weighted by atomic mass is 35.5. The van der Waals surface area contributed by atoms with Gasteiger partial charge in [0.2, 0.25) is 0 Å². The van der Waals surface area contributed by atoms with Crippen LogP contribution in [0.5, 0.6) is 5.75 Å². The lowest BCUT2D eigenvalue weighted by Crippen LogP contribution is -2.50. The first-order valence-electron chi connectivity index (χ1n) is 8.64. The quantitative estimate of drug-likeness (QED) is 0.885. The molecule has 0 unspecified atom stereocenters. The molecule has 1 aromatic rings. The van der Waals surface area contributed by atoms with Crippen molar-refractivity contribution in [3.63, 3.8) is 0 Å². The van der Waals surface area contributed by atoms with Gasteiger partial charge in [0.05, 0.1) is 0 Å². The summed E-state index contributed by atoms with van der Waals surface area (Å²) in [5.74, 6) is 2.08. The van der Waals surface area contributed by atoms with Crippen LogP contribution in [-0.4, -0.2) is 29.1 Å². The van der Waals surface area contributed by atoms with Crippen molar-refractivity contribution in [1.82, 2.24) is 4.90 Å². The van der Waals surface area contributed by atoms with E-state index in [0.717, 1.165) is 5.92 Å². The zero-order valence-electron chi connectivity index (χ0n) is 13.7. The SMILES string of the molecule is C[C@@H]1[C@H]2Cc3ccc(O)cc3[C@@]1(C)CCCN2CC1CC1.Cl. The molecule has 2 nitrogen and oxygen atoms in total. The smallest absolute Gasteiger partial charge is 0.115 e. The Bertz CT molecular complexity index is 556. The van der Waals surface area contributed by atoms with Crippen LogP contribution < -0.4 is 0 Å². The summed E-state index contributed by atoms with van der Waals surface area (Å²) in [5.41, 5.74) is 3.12. The topological polar surface area (TPSA) is 23.5 Å². The molecule has 2 fully saturated rings. The van der Waals surface area contributed by atoms with Gasteiger partial charge in [0, 0.05) is 12.6 Å². The van der Waals surface area contributed by atoms with E-state index in [1.165, 1.54) is 56.3 Å². The maximum Gasteiger partial charge on any atom is 0.115 e. The molecule has 3 atom stereocenters. The maximum atomic E-state index is 9.93. The number of nitrogens with zero attached hydrogens (tertiary/aromatic N) is 1. The summed E-state index contributed by atoms with van der Waals surface area (Å²) in [7, 11) is 0. The van der Waals surface area contributed by atoms with Crippen molar-refractivity contribution < 1.29 is 5.11 Å². The molecule has 122 valence electrons. The van der Waals surface area contributed by atoms with Gasteiger partial charge < -0.3 is 5.11 Å². The highest BCUT2D eigenvalue weighted by molar-refractivity contribution is 5.85. The van der Waals surface area contributed by atoms with Crippen molar-refractivity contribution in [3.8, 4) is 5.75 Å². The van der Waals surface area contributed by atoms with Crippen LogP contribution in [0.15, 0.2) is 18.2 Å². The predicted molar refractivity (Wildman–Crippen MR) is 92.9 cm³/mol. The fourth-order valence-electron chi connectivity index (χ4n) is 4.83. The standard InChI is InChI=1S/C19H27NO.ClH/c1-13-18-10-15-6-7-16(21)11-17(15)19(13,2)8-3-9-20(18)12-14-4-5-14;/h6-7,11,13-14,18,21H,3-5,8-10,12H2,1-2H3;1H/t13-,18-,19+;/m1./s1. The van der Waals surface area contributed by atoms with Crippen LogP contribution in [0.4, 0.5) is 0 Å². The molecule has 0 spiro atoms. The van der Waals surface area contributed by atoms with Crippen molar-refractivity contribution in [2.75, 3.05) is 13.1 Å². The largest absolute Gasteiger partial charge is 0.508 e. The first-order valence-corrected chi connectivity index (χ1v) is 8.64. The van der Waals surface area contributed by atoms with Crippen molar-refractivity contribution in [2.24, 2.45) is 11.8 Å². The molecule has 0 radical (unpaired) electrons. The molecular weight excluding hydrogens is 294 g/mol. The molecule has 1 heterocycles. The highest BCUT2D eigenvalue weighted by Crippen LogP contribution is 2.49. The van der Waals surface area contributed by atoms with Gasteiger partial charge in [-0.05, 0) is 79.2 Å². The van der Waals surface area contributed by atoms with Crippen LogP contribution in [0.1, 0.15) is 50.7 Å². The average Bonchev–Trinajstić information content (AvgIpc) is 3.26. The summed E-state index contributed by atoms with van der Waals surface area (Å²) < 4.78 is 0. The van der Waals surface area contributed by atoms with Crippen LogP contribution in [0, 0.1) is 11.8 Å². The predicted octanol–water partition coefficient (Wildman–Crippen LogP) is 4.14. The minimum Gasteiger partial charge on any atom is -0.508 e. The summed E-state index contributed by atoms with van der Waals surface area (Å²) in [6.07, 6.45) is 6.60. The molecule has 1 aromatic carbocycles. The minimum atomic E-state index is 0. The Morgan fingerprint density at radius 3 is 2.82 bits per heavy atom. The molecule has 1 saturated carbocycles. The Morgan fingerprint density at radius 1 is 1.32 bits per heavy atom. The number of phenolic OH excluding ortho intramolecular Hbond substituents is 1. The number of benzene rings is 1. The van der Waals surface area contributed by atoms with Crippen LogP contribution in [0.2, 0.25) is 0 Å². The van der Waals surface area contributed by atoms with Crippen molar-refractivity contribution in [1.29, 1.82) is 0 Å². The fraction of sp³-hybridized carbons (Fsp3) is 0.684. The second-order valence-corrected chi connectivity index (χ2v) is 7.86. The molecule has 22 heavy (non-hydrogen) atoms. The number of phenols is 1. The van der Waals surface area contributed by atoms with Gasteiger partial charge in [-0.1, -0.05) is 19.9 Å². The van der Waals surface area contributed by atoms with E-state index < -0.39 is 0 Å². The second kappa shape index (κ2) is 5.72. The summed E-state index contributed by atoms with van der Waals surface area (Å²) in [6, 6.07) is 6.77. The van der Waals surface area contributed by atoms with E-state index >= 15 is 0 Å². The van der Waals surface area contributed by atoms with E-state index in [-0.39, 0.29) is 17.8 Å². The molecule has 1 aliphatic heterocycles. The number of halogens is 1. The van der Waals surface area contributed by atoms with E-state index in [1.807, 2.05) is 12.1 Å². The third-order valence-electron chi connectivity index (χ3n) is 6.52. The summed E-state index contributed by atoms with van der Waals surface area (Å²) in [5, 5.41) is 9.93. The van der Waals surface area contributed by atoms with Crippen LogP contribution in [-0.2, 0) is 11.8 Å². The van der Waals surface area contributed by atoms with E-state index in [4.69, 9.17) is 0 Å². The highest BCUT2D eigenvalue weighted by Gasteiger charge is 2.47. The summed E-state index contributed by atoms with van der Waals surface area (Å²) in [4.78, 5) is 2.80. The minimum absolute atomic E-state index is 0. The first kappa shape index (κ1) is 16.1. The molecule has 0 aromatic heterocycles. The van der Waals surface area contributed by atoms with Gasteiger partial charge in [0.15, 0.2) is 0 Å². The molecule has 3 aliphatic rings. The zero-order chi connectivity index (χ0) is 14.6. The number of fused-ring (bicyclic) bond motifs is 4. The monoisotopic (exact) mass is 321 g/mol. The second-order valence-electron chi connectivity index (χ2n) is 7.86. The molecule has 0 amide bonds. The number of hydrogen-bond acceptors (Lipinski definition) is 2. The Hall–Kier alpha value is -0.730. The van der Waals surface area contributed by atoms with Gasteiger partial charge in [-0.25, -0.2) is 0 Å². The van der Waals surface area contributed by atoms with Crippen molar-refractivity contribution in [2.45, 2.75) is 57.4 Å². The van der Waals surface area contributed by atoms with Crippen LogP contribution in [0.25, 0.3) is 0 Å². The fourth-order valence-corrected chi connectivity index (χ4v) is 4.83. The normalized spacial score (nSPS) is 34.5. The lowest BCUT2D eigenvalue weighted by Gasteiger charge is -2.47. The number of likely N-dealkylation sites (tertiary alicyclic amines) is 1. The molecule has 2 aliphatic carbocycles. The number of rotatable bonds is 2. The van der Waals surface area contributed by atoms with Gasteiger partial charge in [0.25, 0.3) is 0 Å². The molecule has 2 bridgehead atoms. The Balaban J connectivity index is 0.00000144. The van der Waals surface area contributed by atoms with Crippen LogP contribution in [0.3, 0.4) is 0 Å². The van der Waals surface area contributed by atoms with E-state index in [0.29, 0.717) is 17.7 Å². The first-order chi connectivity index (χ1) is 10.1. The Labute approximate surface area is 140 Å². The molecule has 3 heteroatoms. The average molecular weight is 322 g/mol. The molecule has 4 rings (SSSR count). The third kappa shape index (κ3) is 2.55. The molecule has 1 saturated heterocycles. The van der Waals surface area contributed by atoms with Gasteiger partial charge in [-0.3, -0.25) is 4.90 Å². The number of hydrogen-bond donors (Lipinski definition) is 1.